The molecule has 1 saturated heterocycles. The Morgan fingerprint density at radius 1 is 1.00 bits per heavy atom. The number of amides is 1. The molecule has 182 valence electrons. The van der Waals surface area contributed by atoms with E-state index in [-0.39, 0.29) is 24.6 Å². The molecule has 2 atom stereocenters. The lowest BCUT2D eigenvalue weighted by molar-refractivity contribution is -0.119. The number of nitrogens with zero attached hydrogens (tertiary/aromatic N) is 3. The van der Waals surface area contributed by atoms with Crippen molar-refractivity contribution in [3.05, 3.63) is 108 Å². The van der Waals surface area contributed by atoms with Gasteiger partial charge < -0.3 is 24.8 Å². The maximum Gasteiger partial charge on any atom is 0.250 e. The predicted molar refractivity (Wildman–Crippen MR) is 145 cm³/mol. The van der Waals surface area contributed by atoms with Gasteiger partial charge >= 0.3 is 0 Å². The van der Waals surface area contributed by atoms with E-state index in [1.54, 1.807) is 6.20 Å². The third kappa shape index (κ3) is 4.60. The van der Waals surface area contributed by atoms with E-state index in [1.807, 2.05) is 60.7 Å². The first-order valence-electron chi connectivity index (χ1n) is 11.7. The number of rotatable bonds is 7. The second-order valence-corrected chi connectivity index (χ2v) is 8.98. The van der Waals surface area contributed by atoms with Crippen LogP contribution in [0.4, 0.5) is 11.4 Å². The molecule has 1 aliphatic heterocycles. The average Bonchev–Trinajstić information content (AvgIpc) is 3.45. The molecule has 2 aromatic heterocycles. The molecule has 5 rings (SSSR count). The minimum absolute atomic E-state index is 0.00549. The van der Waals surface area contributed by atoms with E-state index in [4.69, 9.17) is 17.0 Å². The van der Waals surface area contributed by atoms with Crippen molar-refractivity contribution in [3.8, 4) is 5.69 Å². The Labute approximate surface area is 215 Å². The van der Waals surface area contributed by atoms with Gasteiger partial charge in [0.2, 0.25) is 5.91 Å². The second-order valence-electron chi connectivity index (χ2n) is 8.60. The molecule has 1 aliphatic rings. The number of ether oxygens (including phenoxy) is 1. The zero-order chi connectivity index (χ0) is 25.1. The summed E-state index contributed by atoms with van der Waals surface area (Å²) in [5, 5.41) is 6.97. The Kier molecular flexibility index (Phi) is 6.79. The van der Waals surface area contributed by atoms with Crippen LogP contribution in [0.15, 0.2) is 91.1 Å². The number of methoxy groups -OCH3 is 1. The lowest BCUT2D eigenvalue weighted by atomic mass is 10.0. The third-order valence-electron chi connectivity index (χ3n) is 6.23. The summed E-state index contributed by atoms with van der Waals surface area (Å²) in [7, 11) is 1.50. The van der Waals surface area contributed by atoms with Crippen LogP contribution in [0.5, 0.6) is 0 Å². The molecule has 0 saturated carbocycles. The number of aryl methyl sites for hydroxylation is 1. The molecule has 0 spiro atoms. The monoisotopic (exact) mass is 497 g/mol. The minimum Gasteiger partial charge on any atom is -0.375 e. The summed E-state index contributed by atoms with van der Waals surface area (Å²) < 4.78 is 7.17. The minimum atomic E-state index is -0.201. The number of benzene rings is 2. The van der Waals surface area contributed by atoms with E-state index in [0.29, 0.717) is 10.8 Å². The largest absolute Gasteiger partial charge is 0.375 e. The molecular weight excluding hydrogens is 470 g/mol. The summed E-state index contributed by atoms with van der Waals surface area (Å²) in [4.78, 5) is 18.7. The molecule has 7 nitrogen and oxygen atoms in total. The van der Waals surface area contributed by atoms with Gasteiger partial charge in [0.25, 0.3) is 0 Å². The Morgan fingerprint density at radius 3 is 2.44 bits per heavy atom. The van der Waals surface area contributed by atoms with Crippen LogP contribution in [-0.4, -0.2) is 34.3 Å². The summed E-state index contributed by atoms with van der Waals surface area (Å²) in [5.41, 5.74) is 5.83. The normalized spacial score (nSPS) is 17.2. The van der Waals surface area contributed by atoms with Crippen molar-refractivity contribution < 1.29 is 9.53 Å². The molecule has 36 heavy (non-hydrogen) atoms. The van der Waals surface area contributed by atoms with Gasteiger partial charge in [0.1, 0.15) is 12.6 Å². The van der Waals surface area contributed by atoms with E-state index in [9.17, 15) is 4.79 Å². The van der Waals surface area contributed by atoms with Crippen LogP contribution in [0.2, 0.25) is 0 Å². The maximum atomic E-state index is 11.9. The number of pyridine rings is 1. The van der Waals surface area contributed by atoms with Crippen molar-refractivity contribution in [1.82, 2.24) is 14.9 Å². The van der Waals surface area contributed by atoms with Crippen molar-refractivity contribution in [2.24, 2.45) is 0 Å². The number of carbonyl (C=O) groups excluding carboxylic acids is 1. The lowest BCUT2D eigenvalue weighted by Gasteiger charge is -2.29. The number of nitrogens with one attached hydrogen (secondary N) is 2. The molecule has 1 amide bonds. The average molecular weight is 498 g/mol. The number of carbonyl (C=O) groups is 1. The highest BCUT2D eigenvalue weighted by molar-refractivity contribution is 7.80. The van der Waals surface area contributed by atoms with E-state index < -0.39 is 0 Å². The summed E-state index contributed by atoms with van der Waals surface area (Å²) >= 11 is 5.87. The maximum absolute atomic E-state index is 11.9. The Morgan fingerprint density at radius 2 is 1.75 bits per heavy atom. The summed E-state index contributed by atoms with van der Waals surface area (Å²) in [6.45, 7) is 2.11. The number of anilines is 2. The number of hydrogen-bond donors (Lipinski definition) is 2. The zero-order valence-electron chi connectivity index (χ0n) is 20.1. The van der Waals surface area contributed by atoms with Crippen LogP contribution >= 0.6 is 12.2 Å². The first-order chi connectivity index (χ1) is 17.6. The Hall–Kier alpha value is -4.01. The van der Waals surface area contributed by atoms with Gasteiger partial charge in [-0.1, -0.05) is 24.3 Å². The molecule has 2 aromatic carbocycles. The van der Waals surface area contributed by atoms with Crippen molar-refractivity contribution >= 4 is 34.6 Å². The molecule has 4 aromatic rings. The number of para-hydroxylation sites is 1. The van der Waals surface area contributed by atoms with Crippen molar-refractivity contribution in [2.45, 2.75) is 19.0 Å². The van der Waals surface area contributed by atoms with Gasteiger partial charge in [-0.3, -0.25) is 9.78 Å². The molecule has 0 radical (unpaired) electrons. The highest BCUT2D eigenvalue weighted by Gasteiger charge is 2.42. The van der Waals surface area contributed by atoms with E-state index >= 15 is 0 Å². The van der Waals surface area contributed by atoms with Gasteiger partial charge in [0.05, 0.1) is 11.7 Å². The van der Waals surface area contributed by atoms with Crippen LogP contribution < -0.4 is 15.5 Å². The molecule has 3 heterocycles. The fourth-order valence-corrected chi connectivity index (χ4v) is 5.03. The first kappa shape index (κ1) is 23.7. The van der Waals surface area contributed by atoms with Gasteiger partial charge in [-0.05, 0) is 79.8 Å². The first-order valence-corrected chi connectivity index (χ1v) is 12.1. The molecule has 2 N–H and O–H groups in total. The van der Waals surface area contributed by atoms with E-state index in [1.165, 1.54) is 7.11 Å². The zero-order valence-corrected chi connectivity index (χ0v) is 20.9. The van der Waals surface area contributed by atoms with Gasteiger partial charge in [-0.25, -0.2) is 0 Å². The highest BCUT2D eigenvalue weighted by Crippen LogP contribution is 2.42. The fourth-order valence-electron chi connectivity index (χ4n) is 4.69. The van der Waals surface area contributed by atoms with Gasteiger partial charge in [0.15, 0.2) is 5.11 Å². The summed E-state index contributed by atoms with van der Waals surface area (Å²) in [5.74, 6) is -0.201. The predicted octanol–water partition coefficient (Wildman–Crippen LogP) is 4.94. The van der Waals surface area contributed by atoms with Crippen LogP contribution in [0.25, 0.3) is 5.69 Å². The van der Waals surface area contributed by atoms with E-state index in [2.05, 4.69) is 56.3 Å². The number of aromatic nitrogens is 2. The van der Waals surface area contributed by atoms with Crippen LogP contribution in [0, 0.1) is 6.92 Å². The summed E-state index contributed by atoms with van der Waals surface area (Å²) in [6, 6.07) is 27.9. The molecule has 1 fully saturated rings. The van der Waals surface area contributed by atoms with Crippen LogP contribution in [0.3, 0.4) is 0 Å². The molecular formula is C28H27N5O2S. The van der Waals surface area contributed by atoms with Gasteiger partial charge in [-0.2, -0.15) is 0 Å². The molecule has 2 unspecified atom stereocenters. The van der Waals surface area contributed by atoms with Crippen LogP contribution in [-0.2, 0) is 9.53 Å². The van der Waals surface area contributed by atoms with Crippen molar-refractivity contribution in [3.63, 3.8) is 0 Å². The van der Waals surface area contributed by atoms with E-state index in [0.717, 1.165) is 28.5 Å². The molecule has 0 aliphatic carbocycles. The van der Waals surface area contributed by atoms with Crippen LogP contribution in [0.1, 0.15) is 29.2 Å². The Balaban J connectivity index is 1.58. The Bertz CT molecular complexity index is 1360. The van der Waals surface area contributed by atoms with Gasteiger partial charge in [0, 0.05) is 41.8 Å². The lowest BCUT2D eigenvalue weighted by Crippen LogP contribution is -2.30. The highest BCUT2D eigenvalue weighted by atomic mass is 32.1. The smallest absolute Gasteiger partial charge is 0.250 e. The van der Waals surface area contributed by atoms with Crippen molar-refractivity contribution in [2.75, 3.05) is 23.9 Å². The second kappa shape index (κ2) is 10.3. The molecule has 0 bridgehead atoms. The van der Waals surface area contributed by atoms with Gasteiger partial charge in [-0.15, -0.1) is 0 Å². The number of thiocarbonyl (C=S) groups is 1. The molecule has 8 heteroatoms. The summed E-state index contributed by atoms with van der Waals surface area (Å²) in [6.07, 6.45) is 1.80. The standard InChI is InChI=1S/C28H27N5O2S/c1-19-11-16-24(32(19)21-8-4-3-5-9-21)27-26(23-10-6-7-17-29-23)31-28(36)33(27)22-14-12-20(13-15-22)30-25(34)18-35-2/h3-17,26-27H,18H2,1-2H3,(H,30,34)(H,31,36). The third-order valence-corrected chi connectivity index (χ3v) is 6.54. The topological polar surface area (TPSA) is 71.4 Å². The SMILES string of the molecule is COCC(=O)Nc1ccc(N2C(=S)NC(c3ccccn3)C2c2ccc(C)n2-c2ccccc2)cc1. The number of hydrogen-bond acceptors (Lipinski definition) is 4. The van der Waals surface area contributed by atoms with Crippen molar-refractivity contribution in [1.29, 1.82) is 0 Å². The fraction of sp³-hybridized carbons (Fsp3) is 0.179. The quantitative estimate of drug-likeness (QED) is 0.353.